The maximum atomic E-state index is 11.6. The Labute approximate surface area is 145 Å². The number of carbonyl (C=O) groups is 1. The fraction of sp³-hybridized carbons (Fsp3) is 0.471. The van der Waals surface area contributed by atoms with Gasteiger partial charge in [0.05, 0.1) is 0 Å². The first-order valence-corrected chi connectivity index (χ1v) is 8.42. The maximum absolute atomic E-state index is 11.6. The van der Waals surface area contributed by atoms with Crippen molar-refractivity contribution in [3.8, 4) is 0 Å². The van der Waals surface area contributed by atoms with Crippen molar-refractivity contribution in [1.82, 2.24) is 15.5 Å². The monoisotopic (exact) mass is 349 g/mol. The summed E-state index contributed by atoms with van der Waals surface area (Å²) in [6, 6.07) is 7.29. The molecule has 0 radical (unpaired) electrons. The number of aromatic nitrogens is 2. The molecule has 0 aliphatic carbocycles. The zero-order valence-electron chi connectivity index (χ0n) is 13.5. The van der Waals surface area contributed by atoms with Crippen molar-refractivity contribution in [1.29, 1.82) is 0 Å². The molecule has 1 aromatic carbocycles. The Bertz CT molecular complexity index is 698. The highest BCUT2D eigenvalue weighted by atomic mass is 35.5. The molecule has 24 heavy (non-hydrogen) atoms. The van der Waals surface area contributed by atoms with Crippen molar-refractivity contribution < 1.29 is 14.1 Å². The van der Waals surface area contributed by atoms with Gasteiger partial charge >= 0.3 is 0 Å². The van der Waals surface area contributed by atoms with Gasteiger partial charge < -0.3 is 14.6 Å². The van der Waals surface area contributed by atoms with Gasteiger partial charge in [0.15, 0.2) is 5.82 Å². The molecule has 1 aromatic heterocycles. The quantitative estimate of drug-likeness (QED) is 0.898. The Morgan fingerprint density at radius 3 is 2.83 bits per heavy atom. The summed E-state index contributed by atoms with van der Waals surface area (Å²) in [7, 11) is 0. The standard InChI is InChI=1S/C17H20ClN3O3/c1-11(22)19-16(12-6-8-23-9-7-12)17-20-15(21-24-17)10-13-4-2-3-5-14(13)18/h2-5,12,16H,6-10H2,1H3,(H,19,22). The average Bonchev–Trinajstić information content (AvgIpc) is 3.04. The van der Waals surface area contributed by atoms with Crippen LogP contribution in [0.5, 0.6) is 0 Å². The van der Waals surface area contributed by atoms with E-state index in [-0.39, 0.29) is 17.9 Å². The van der Waals surface area contributed by atoms with E-state index in [1.807, 2.05) is 24.3 Å². The molecule has 3 rings (SSSR count). The van der Waals surface area contributed by atoms with E-state index in [1.54, 1.807) is 0 Å². The second-order valence-corrected chi connectivity index (χ2v) is 6.35. The van der Waals surface area contributed by atoms with E-state index in [1.165, 1.54) is 6.92 Å². The lowest BCUT2D eigenvalue weighted by Gasteiger charge is -2.28. The molecule has 6 nitrogen and oxygen atoms in total. The number of hydrogen-bond acceptors (Lipinski definition) is 5. The summed E-state index contributed by atoms with van der Waals surface area (Å²) in [6.45, 7) is 2.86. The van der Waals surface area contributed by atoms with Gasteiger partial charge in [-0.15, -0.1) is 0 Å². The lowest BCUT2D eigenvalue weighted by Crippen LogP contribution is -2.35. The molecule has 1 N–H and O–H groups in total. The van der Waals surface area contributed by atoms with Crippen LogP contribution in [0.3, 0.4) is 0 Å². The highest BCUT2D eigenvalue weighted by Gasteiger charge is 2.30. The van der Waals surface area contributed by atoms with Crippen molar-refractivity contribution in [3.63, 3.8) is 0 Å². The molecule has 1 atom stereocenters. The number of nitrogens with zero attached hydrogens (tertiary/aromatic N) is 2. The number of carbonyl (C=O) groups excluding carboxylic acids is 1. The van der Waals surface area contributed by atoms with Gasteiger partial charge in [0.1, 0.15) is 6.04 Å². The number of benzene rings is 1. The lowest BCUT2D eigenvalue weighted by molar-refractivity contribution is -0.120. The van der Waals surface area contributed by atoms with Crippen LogP contribution in [-0.4, -0.2) is 29.3 Å². The van der Waals surface area contributed by atoms with Crippen molar-refractivity contribution in [2.75, 3.05) is 13.2 Å². The van der Waals surface area contributed by atoms with Gasteiger partial charge in [-0.1, -0.05) is 35.0 Å². The van der Waals surface area contributed by atoms with Gasteiger partial charge in [-0.05, 0) is 30.4 Å². The summed E-state index contributed by atoms with van der Waals surface area (Å²) in [5, 5.41) is 7.66. The van der Waals surface area contributed by atoms with Crippen LogP contribution in [0.2, 0.25) is 5.02 Å². The average molecular weight is 350 g/mol. The molecule has 2 heterocycles. The minimum atomic E-state index is -0.279. The summed E-state index contributed by atoms with van der Waals surface area (Å²) in [5.74, 6) is 1.12. The lowest BCUT2D eigenvalue weighted by atomic mass is 9.91. The molecule has 1 amide bonds. The topological polar surface area (TPSA) is 77.3 Å². The van der Waals surface area contributed by atoms with Crippen molar-refractivity contribution in [3.05, 3.63) is 46.6 Å². The third-order valence-electron chi connectivity index (χ3n) is 4.15. The Morgan fingerprint density at radius 2 is 2.12 bits per heavy atom. The first-order chi connectivity index (χ1) is 11.6. The third kappa shape index (κ3) is 4.13. The predicted octanol–water partition coefficient (Wildman–Crippen LogP) is 2.92. The summed E-state index contributed by atoms with van der Waals surface area (Å²) < 4.78 is 10.8. The molecule has 0 saturated carbocycles. The predicted molar refractivity (Wildman–Crippen MR) is 88.7 cm³/mol. The van der Waals surface area contributed by atoms with E-state index < -0.39 is 0 Å². The van der Waals surface area contributed by atoms with Crippen LogP contribution in [0.15, 0.2) is 28.8 Å². The molecule has 1 aliphatic rings. The molecule has 7 heteroatoms. The fourth-order valence-corrected chi connectivity index (χ4v) is 3.13. The molecule has 2 aromatic rings. The number of amides is 1. The third-order valence-corrected chi connectivity index (χ3v) is 4.52. The van der Waals surface area contributed by atoms with E-state index in [0.29, 0.717) is 36.4 Å². The molecule has 128 valence electrons. The smallest absolute Gasteiger partial charge is 0.249 e. The van der Waals surface area contributed by atoms with Crippen LogP contribution in [0, 0.1) is 5.92 Å². The maximum Gasteiger partial charge on any atom is 0.249 e. The van der Waals surface area contributed by atoms with Gasteiger partial charge in [0.2, 0.25) is 11.8 Å². The highest BCUT2D eigenvalue weighted by molar-refractivity contribution is 6.31. The second kappa shape index (κ2) is 7.77. The zero-order chi connectivity index (χ0) is 16.9. The normalized spacial score (nSPS) is 16.8. The van der Waals surface area contributed by atoms with Crippen LogP contribution in [0.25, 0.3) is 0 Å². The minimum absolute atomic E-state index is 0.114. The van der Waals surface area contributed by atoms with Crippen LogP contribution in [0.1, 0.15) is 43.1 Å². The number of nitrogens with one attached hydrogen (secondary N) is 1. The van der Waals surface area contributed by atoms with E-state index >= 15 is 0 Å². The Hall–Kier alpha value is -1.92. The van der Waals surface area contributed by atoms with E-state index in [4.69, 9.17) is 20.9 Å². The fourth-order valence-electron chi connectivity index (χ4n) is 2.93. The van der Waals surface area contributed by atoms with Crippen molar-refractivity contribution in [2.24, 2.45) is 5.92 Å². The van der Waals surface area contributed by atoms with Gasteiger partial charge in [-0.3, -0.25) is 4.79 Å². The van der Waals surface area contributed by atoms with Crippen LogP contribution in [0.4, 0.5) is 0 Å². The molecule has 1 unspecified atom stereocenters. The SMILES string of the molecule is CC(=O)NC(c1nc(Cc2ccccc2Cl)no1)C1CCOCC1. The van der Waals surface area contributed by atoms with Crippen LogP contribution < -0.4 is 5.32 Å². The van der Waals surface area contributed by atoms with Crippen LogP contribution in [-0.2, 0) is 16.0 Å². The largest absolute Gasteiger partial charge is 0.381 e. The number of ether oxygens (including phenoxy) is 1. The Kier molecular flexibility index (Phi) is 5.48. The Balaban J connectivity index is 1.77. The molecular weight excluding hydrogens is 330 g/mol. The Morgan fingerprint density at radius 1 is 1.38 bits per heavy atom. The minimum Gasteiger partial charge on any atom is -0.381 e. The highest BCUT2D eigenvalue weighted by Crippen LogP contribution is 2.29. The van der Waals surface area contributed by atoms with E-state index in [2.05, 4.69) is 15.5 Å². The number of halogens is 1. The van der Waals surface area contributed by atoms with Crippen molar-refractivity contribution in [2.45, 2.75) is 32.2 Å². The molecule has 1 saturated heterocycles. The summed E-state index contributed by atoms with van der Waals surface area (Å²) in [6.07, 6.45) is 2.20. The van der Waals surface area contributed by atoms with Gasteiger partial charge in [0.25, 0.3) is 0 Å². The van der Waals surface area contributed by atoms with Crippen LogP contribution >= 0.6 is 11.6 Å². The molecule has 0 spiro atoms. The summed E-state index contributed by atoms with van der Waals surface area (Å²) in [5.41, 5.74) is 0.939. The number of rotatable bonds is 5. The summed E-state index contributed by atoms with van der Waals surface area (Å²) in [4.78, 5) is 16.0. The molecule has 1 aliphatic heterocycles. The van der Waals surface area contributed by atoms with E-state index in [9.17, 15) is 4.79 Å². The van der Waals surface area contributed by atoms with Gasteiger partial charge in [0, 0.05) is 31.6 Å². The van der Waals surface area contributed by atoms with Crippen molar-refractivity contribution >= 4 is 17.5 Å². The first-order valence-electron chi connectivity index (χ1n) is 8.04. The molecule has 0 bridgehead atoms. The van der Waals surface area contributed by atoms with E-state index in [0.717, 1.165) is 18.4 Å². The first kappa shape index (κ1) is 16.9. The zero-order valence-corrected chi connectivity index (χ0v) is 14.3. The molecular formula is C17H20ClN3O3. The van der Waals surface area contributed by atoms with Gasteiger partial charge in [-0.25, -0.2) is 0 Å². The number of hydrogen-bond donors (Lipinski definition) is 1. The molecule has 1 fully saturated rings. The second-order valence-electron chi connectivity index (χ2n) is 5.95. The summed E-state index contributed by atoms with van der Waals surface area (Å²) >= 11 is 6.18. The van der Waals surface area contributed by atoms with Gasteiger partial charge in [-0.2, -0.15) is 4.98 Å².